The predicted octanol–water partition coefficient (Wildman–Crippen LogP) is 17.2. The van der Waals surface area contributed by atoms with Crippen LogP contribution in [-0.2, 0) is 0 Å². The second kappa shape index (κ2) is 14.8. The Labute approximate surface area is 360 Å². The highest BCUT2D eigenvalue weighted by Crippen LogP contribution is 2.47. The molecule has 0 fully saturated rings. The number of hydrogen-bond donors (Lipinski definition) is 0. The van der Waals surface area contributed by atoms with E-state index in [-0.39, 0.29) is 0 Å². The summed E-state index contributed by atoms with van der Waals surface area (Å²) < 4.78 is 6.79. The van der Waals surface area contributed by atoms with Crippen molar-refractivity contribution in [3.8, 4) is 44.5 Å². The zero-order valence-corrected chi connectivity index (χ0v) is 33.9. The fourth-order valence-electron chi connectivity index (χ4n) is 9.49. The fourth-order valence-corrected chi connectivity index (χ4v) is 9.49. The molecule has 1 aromatic heterocycles. The molecule has 0 bridgehead atoms. The van der Waals surface area contributed by atoms with Gasteiger partial charge in [-0.1, -0.05) is 182 Å². The minimum absolute atomic E-state index is 0.866. The van der Waals surface area contributed by atoms with E-state index >= 15 is 0 Å². The monoisotopic (exact) mass is 789 g/mol. The van der Waals surface area contributed by atoms with Crippen LogP contribution in [0.15, 0.2) is 241 Å². The molecule has 0 saturated heterocycles. The third kappa shape index (κ3) is 6.04. The molecule has 290 valence electrons. The smallest absolute Gasteiger partial charge is 0.145 e. The maximum atomic E-state index is 6.79. The highest BCUT2D eigenvalue weighted by molar-refractivity contribution is 6.26. The zero-order valence-electron chi connectivity index (χ0n) is 33.9. The van der Waals surface area contributed by atoms with Crippen molar-refractivity contribution in [1.29, 1.82) is 0 Å². The number of nitrogens with zero attached hydrogens (tertiary/aromatic N) is 1. The lowest BCUT2D eigenvalue weighted by atomic mass is 9.92. The molecule has 2 heteroatoms. The Morgan fingerprint density at radius 2 is 0.758 bits per heavy atom. The zero-order chi connectivity index (χ0) is 41.0. The van der Waals surface area contributed by atoms with Crippen molar-refractivity contribution in [1.82, 2.24) is 0 Å². The Morgan fingerprint density at radius 3 is 1.45 bits per heavy atom. The quantitative estimate of drug-likeness (QED) is 0.150. The van der Waals surface area contributed by atoms with Crippen LogP contribution < -0.4 is 4.90 Å². The summed E-state index contributed by atoms with van der Waals surface area (Å²) in [7, 11) is 0. The van der Waals surface area contributed by atoms with Gasteiger partial charge in [-0.25, -0.2) is 0 Å². The van der Waals surface area contributed by atoms with Crippen molar-refractivity contribution in [2.75, 3.05) is 4.90 Å². The van der Waals surface area contributed by atoms with Gasteiger partial charge in [-0.05, 0) is 126 Å². The molecule has 2 nitrogen and oxygen atoms in total. The lowest BCUT2D eigenvalue weighted by Crippen LogP contribution is -2.10. The van der Waals surface area contributed by atoms with Crippen molar-refractivity contribution >= 4 is 71.3 Å². The minimum atomic E-state index is 0.866. The number of benzene rings is 11. The van der Waals surface area contributed by atoms with Gasteiger partial charge >= 0.3 is 0 Å². The lowest BCUT2D eigenvalue weighted by Gasteiger charge is -2.27. The molecule has 0 aliphatic carbocycles. The first kappa shape index (κ1) is 35.7. The molecule has 0 spiro atoms. The number of anilines is 3. The van der Waals surface area contributed by atoms with Gasteiger partial charge in [0.15, 0.2) is 0 Å². The van der Waals surface area contributed by atoms with Crippen molar-refractivity contribution in [2.24, 2.45) is 0 Å². The Kier molecular flexibility index (Phi) is 8.53. The predicted molar refractivity (Wildman–Crippen MR) is 263 cm³/mol. The van der Waals surface area contributed by atoms with E-state index in [9.17, 15) is 0 Å². The maximum Gasteiger partial charge on any atom is 0.145 e. The van der Waals surface area contributed by atoms with E-state index in [0.717, 1.165) is 61.3 Å². The first-order valence-corrected chi connectivity index (χ1v) is 21.2. The lowest BCUT2D eigenvalue weighted by molar-refractivity contribution is 0.670. The van der Waals surface area contributed by atoms with Gasteiger partial charge in [-0.3, -0.25) is 0 Å². The van der Waals surface area contributed by atoms with E-state index in [4.69, 9.17) is 4.42 Å². The van der Waals surface area contributed by atoms with Gasteiger partial charge in [0, 0.05) is 22.3 Å². The van der Waals surface area contributed by atoms with Crippen molar-refractivity contribution in [2.45, 2.75) is 0 Å². The van der Waals surface area contributed by atoms with Crippen LogP contribution in [0, 0.1) is 0 Å². The molecule has 0 unspecified atom stereocenters. The number of fused-ring (bicyclic) bond motifs is 9. The standard InChI is InChI=1S/C60H39NO/c1-3-15-40(16-4-1)43-19-13-20-44(37-43)45-21-14-22-48(38-45)61(57-36-35-49(42-17-5-2-6-18-42)60-59(57)55-27-11-12-28-58(55)62-60)47-32-29-41(30-33-47)46-31-34-54-52-25-8-7-23-50(52)51-24-9-10-26-53(51)56(54)39-46/h1-39H. The summed E-state index contributed by atoms with van der Waals surface area (Å²) in [6.45, 7) is 0. The van der Waals surface area contributed by atoms with Crippen LogP contribution in [0.1, 0.15) is 0 Å². The second-order valence-corrected chi connectivity index (χ2v) is 16.0. The van der Waals surface area contributed by atoms with Gasteiger partial charge in [0.1, 0.15) is 11.2 Å². The summed E-state index contributed by atoms with van der Waals surface area (Å²) in [5.74, 6) is 0. The van der Waals surface area contributed by atoms with E-state index in [2.05, 4.69) is 235 Å². The summed E-state index contributed by atoms with van der Waals surface area (Å²) in [5.41, 5.74) is 14.2. The summed E-state index contributed by atoms with van der Waals surface area (Å²) in [5, 5.41) is 9.83. The molecular formula is C60H39NO. The van der Waals surface area contributed by atoms with Crippen LogP contribution in [-0.4, -0.2) is 0 Å². The van der Waals surface area contributed by atoms with Crippen LogP contribution in [0.3, 0.4) is 0 Å². The summed E-state index contributed by atoms with van der Waals surface area (Å²) in [6.07, 6.45) is 0. The maximum absolute atomic E-state index is 6.79. The van der Waals surface area contributed by atoms with Gasteiger partial charge in [0.05, 0.1) is 11.1 Å². The van der Waals surface area contributed by atoms with Gasteiger partial charge in [0.2, 0.25) is 0 Å². The average molecular weight is 790 g/mol. The van der Waals surface area contributed by atoms with E-state index in [1.165, 1.54) is 54.6 Å². The van der Waals surface area contributed by atoms with Gasteiger partial charge in [-0.15, -0.1) is 0 Å². The Hall–Kier alpha value is -8.20. The first-order chi connectivity index (χ1) is 30.7. The van der Waals surface area contributed by atoms with E-state index < -0.39 is 0 Å². The highest BCUT2D eigenvalue weighted by atomic mass is 16.3. The molecular weight excluding hydrogens is 751 g/mol. The van der Waals surface area contributed by atoms with Crippen molar-refractivity contribution in [3.63, 3.8) is 0 Å². The van der Waals surface area contributed by atoms with Gasteiger partial charge in [-0.2, -0.15) is 0 Å². The number of furan rings is 1. The topological polar surface area (TPSA) is 16.4 Å². The fraction of sp³-hybridized carbons (Fsp3) is 0. The minimum Gasteiger partial charge on any atom is -0.455 e. The summed E-state index contributed by atoms with van der Waals surface area (Å²) in [4.78, 5) is 2.40. The number of hydrogen-bond acceptors (Lipinski definition) is 2. The summed E-state index contributed by atoms with van der Waals surface area (Å²) >= 11 is 0. The normalized spacial score (nSPS) is 11.5. The SMILES string of the molecule is c1ccc(-c2cccc(-c3cccc(N(c4ccc(-c5ccc6c7ccccc7c7ccccc7c6c5)cc4)c4ccc(-c5ccccc5)c5oc6ccccc6c45)c3)c2)cc1. The number of para-hydroxylation sites is 1. The van der Waals surface area contributed by atoms with Crippen LogP contribution in [0.25, 0.3) is 98.8 Å². The van der Waals surface area contributed by atoms with E-state index in [1.54, 1.807) is 0 Å². The Bertz CT molecular complexity index is 3590. The molecule has 0 aliphatic heterocycles. The van der Waals surface area contributed by atoms with E-state index in [0.29, 0.717) is 0 Å². The van der Waals surface area contributed by atoms with Crippen LogP contribution in [0.2, 0.25) is 0 Å². The Morgan fingerprint density at radius 1 is 0.274 bits per heavy atom. The molecule has 0 N–H and O–H groups in total. The number of rotatable bonds is 7. The van der Waals surface area contributed by atoms with Crippen LogP contribution in [0.5, 0.6) is 0 Å². The molecule has 0 saturated carbocycles. The molecule has 12 aromatic rings. The summed E-state index contributed by atoms with van der Waals surface area (Å²) in [6, 6.07) is 85.3. The molecule has 11 aromatic carbocycles. The third-order valence-corrected chi connectivity index (χ3v) is 12.4. The van der Waals surface area contributed by atoms with Crippen molar-refractivity contribution < 1.29 is 4.42 Å². The van der Waals surface area contributed by atoms with Crippen LogP contribution >= 0.6 is 0 Å². The third-order valence-electron chi connectivity index (χ3n) is 12.4. The molecule has 0 aliphatic rings. The first-order valence-electron chi connectivity index (χ1n) is 21.2. The Balaban J connectivity index is 1.04. The second-order valence-electron chi connectivity index (χ2n) is 16.0. The average Bonchev–Trinajstić information content (AvgIpc) is 3.75. The van der Waals surface area contributed by atoms with Crippen molar-refractivity contribution in [3.05, 3.63) is 237 Å². The molecule has 12 rings (SSSR count). The highest BCUT2D eigenvalue weighted by Gasteiger charge is 2.23. The molecule has 0 amide bonds. The van der Waals surface area contributed by atoms with Gasteiger partial charge in [0.25, 0.3) is 0 Å². The van der Waals surface area contributed by atoms with E-state index in [1.807, 2.05) is 6.07 Å². The molecule has 62 heavy (non-hydrogen) atoms. The van der Waals surface area contributed by atoms with Gasteiger partial charge < -0.3 is 9.32 Å². The van der Waals surface area contributed by atoms with Crippen LogP contribution in [0.4, 0.5) is 17.1 Å². The molecule has 1 heterocycles. The largest absolute Gasteiger partial charge is 0.455 e. The molecule has 0 radical (unpaired) electrons. The molecule has 0 atom stereocenters.